The number of benzene rings is 3. The van der Waals surface area contributed by atoms with Crippen LogP contribution < -0.4 is 0 Å². The quantitative estimate of drug-likeness (QED) is 0.306. The first-order valence-electron chi connectivity index (χ1n) is 12.9. The maximum absolute atomic E-state index is 14.5. The van der Waals surface area contributed by atoms with Crippen LogP contribution in [0, 0.1) is 5.82 Å². The van der Waals surface area contributed by atoms with E-state index >= 15 is 0 Å². The minimum atomic E-state index is -0.272. The van der Waals surface area contributed by atoms with E-state index in [2.05, 4.69) is 17.0 Å². The highest BCUT2D eigenvalue weighted by Gasteiger charge is 2.36. The van der Waals surface area contributed by atoms with Gasteiger partial charge in [0.2, 0.25) is 0 Å². The third-order valence-corrected chi connectivity index (χ3v) is 7.33. The molecule has 2 fully saturated rings. The van der Waals surface area contributed by atoms with Crippen molar-refractivity contribution in [2.24, 2.45) is 0 Å². The number of carbonyl (C=O) groups is 1. The van der Waals surface area contributed by atoms with Crippen molar-refractivity contribution in [1.82, 2.24) is 14.8 Å². The van der Waals surface area contributed by atoms with Gasteiger partial charge in [0.25, 0.3) is 5.91 Å². The topological polar surface area (TPSA) is 36.4 Å². The van der Waals surface area contributed by atoms with E-state index in [9.17, 15) is 9.18 Å². The number of para-hydroxylation sites is 1. The van der Waals surface area contributed by atoms with Crippen LogP contribution in [0.25, 0.3) is 22.2 Å². The Morgan fingerprint density at radius 3 is 2.44 bits per heavy atom. The zero-order valence-electron chi connectivity index (χ0n) is 20.4. The van der Waals surface area contributed by atoms with Gasteiger partial charge in [0.05, 0.1) is 16.8 Å². The summed E-state index contributed by atoms with van der Waals surface area (Å²) in [7, 11) is 0. The number of hydrogen-bond acceptors (Lipinski definition) is 3. The lowest BCUT2D eigenvalue weighted by molar-refractivity contribution is 0.0729. The summed E-state index contributed by atoms with van der Waals surface area (Å²) in [4.78, 5) is 24.0. The molecule has 0 spiro atoms. The highest BCUT2D eigenvalue weighted by molar-refractivity contribution is 6.09. The fraction of sp³-hybridized carbons (Fsp3) is 0.290. The number of aromatic nitrogens is 1. The van der Waals surface area contributed by atoms with Crippen molar-refractivity contribution in [3.05, 3.63) is 101 Å². The second-order valence-electron chi connectivity index (χ2n) is 9.97. The van der Waals surface area contributed by atoms with E-state index in [1.54, 1.807) is 6.07 Å². The van der Waals surface area contributed by atoms with Gasteiger partial charge in [-0.25, -0.2) is 9.37 Å². The molecule has 4 aromatic rings. The summed E-state index contributed by atoms with van der Waals surface area (Å²) >= 11 is 0. The molecule has 1 saturated heterocycles. The molecule has 1 saturated carbocycles. The van der Waals surface area contributed by atoms with E-state index in [0.717, 1.165) is 64.8 Å². The molecule has 2 heterocycles. The number of hydrogen-bond donors (Lipinski definition) is 0. The molecule has 1 aliphatic carbocycles. The molecule has 0 unspecified atom stereocenters. The summed E-state index contributed by atoms with van der Waals surface area (Å²) in [5, 5.41) is 0.890. The van der Waals surface area contributed by atoms with Crippen molar-refractivity contribution < 1.29 is 9.18 Å². The molecular weight excluding hydrogens is 449 g/mol. The van der Waals surface area contributed by atoms with E-state index < -0.39 is 0 Å². The van der Waals surface area contributed by atoms with Gasteiger partial charge in [-0.1, -0.05) is 60.7 Å². The van der Waals surface area contributed by atoms with Gasteiger partial charge in [-0.05, 0) is 62.5 Å². The van der Waals surface area contributed by atoms with Crippen LogP contribution in [0.3, 0.4) is 0 Å². The number of likely N-dealkylation sites (tertiary alicyclic amines) is 1. The summed E-state index contributed by atoms with van der Waals surface area (Å²) < 4.78 is 14.0. The Bertz CT molecular complexity index is 1390. The Balaban J connectivity index is 1.52. The smallest absolute Gasteiger partial charge is 0.255 e. The van der Waals surface area contributed by atoms with Crippen molar-refractivity contribution in [2.45, 2.75) is 44.8 Å². The highest BCUT2D eigenvalue weighted by atomic mass is 19.1. The van der Waals surface area contributed by atoms with Crippen LogP contribution in [-0.4, -0.2) is 39.8 Å². The molecule has 0 N–H and O–H groups in total. The molecular formula is C31H30FN3O. The van der Waals surface area contributed by atoms with Crippen LogP contribution in [0.15, 0.2) is 78.9 Å². The normalized spacial score (nSPS) is 15.9. The SMILES string of the molecule is O=C(c1c(CN2CCCC2)c(-c2ccccc2)nc2ccccc12)N(Cc1cccc(F)c1)C1CC1. The minimum absolute atomic E-state index is 0.0201. The largest absolute Gasteiger partial charge is 0.331 e. The van der Waals surface area contributed by atoms with Crippen LogP contribution in [0.1, 0.15) is 47.2 Å². The molecule has 182 valence electrons. The maximum Gasteiger partial charge on any atom is 0.255 e. The van der Waals surface area contributed by atoms with Crippen LogP contribution in [0.5, 0.6) is 0 Å². The Morgan fingerprint density at radius 2 is 1.69 bits per heavy atom. The average molecular weight is 480 g/mol. The minimum Gasteiger partial charge on any atom is -0.331 e. The van der Waals surface area contributed by atoms with Crippen LogP contribution >= 0.6 is 0 Å². The molecule has 0 atom stereocenters. The average Bonchev–Trinajstić information content (AvgIpc) is 3.62. The first-order chi connectivity index (χ1) is 17.7. The van der Waals surface area contributed by atoms with Crippen molar-refractivity contribution in [2.75, 3.05) is 13.1 Å². The van der Waals surface area contributed by atoms with Crippen LogP contribution in [0.2, 0.25) is 0 Å². The van der Waals surface area contributed by atoms with Gasteiger partial charge in [-0.2, -0.15) is 0 Å². The van der Waals surface area contributed by atoms with Gasteiger partial charge in [0.1, 0.15) is 5.82 Å². The van der Waals surface area contributed by atoms with Crippen molar-refractivity contribution >= 4 is 16.8 Å². The van der Waals surface area contributed by atoms with Gasteiger partial charge >= 0.3 is 0 Å². The fourth-order valence-corrected chi connectivity index (χ4v) is 5.38. The second-order valence-corrected chi connectivity index (χ2v) is 9.97. The first kappa shape index (κ1) is 22.9. The Kier molecular flexibility index (Phi) is 6.24. The molecule has 4 nitrogen and oxygen atoms in total. The van der Waals surface area contributed by atoms with E-state index in [-0.39, 0.29) is 17.8 Å². The number of pyridine rings is 1. The van der Waals surface area contributed by atoms with Gasteiger partial charge in [0, 0.05) is 35.6 Å². The monoisotopic (exact) mass is 479 g/mol. The Hall–Kier alpha value is -3.57. The Morgan fingerprint density at radius 1 is 0.944 bits per heavy atom. The molecule has 1 aromatic heterocycles. The maximum atomic E-state index is 14.5. The van der Waals surface area contributed by atoms with Gasteiger partial charge in [0.15, 0.2) is 0 Å². The molecule has 0 bridgehead atoms. The Labute approximate surface area is 211 Å². The van der Waals surface area contributed by atoms with Gasteiger partial charge in [-0.3, -0.25) is 9.69 Å². The first-order valence-corrected chi connectivity index (χ1v) is 12.9. The van der Waals surface area contributed by atoms with E-state index in [1.807, 2.05) is 53.4 Å². The predicted octanol–water partition coefficient (Wildman–Crippen LogP) is 6.44. The highest BCUT2D eigenvalue weighted by Crippen LogP contribution is 2.36. The van der Waals surface area contributed by atoms with Crippen LogP contribution in [-0.2, 0) is 13.1 Å². The lowest BCUT2D eigenvalue weighted by atomic mass is 9.95. The summed E-state index contributed by atoms with van der Waals surface area (Å²) in [5.41, 5.74) is 5.29. The summed E-state index contributed by atoms with van der Waals surface area (Å²) in [6, 6.07) is 25.0. The number of amides is 1. The zero-order valence-corrected chi connectivity index (χ0v) is 20.4. The lowest BCUT2D eigenvalue weighted by Crippen LogP contribution is -2.34. The standard InChI is InChI=1S/C31H30FN3O/c32-24-12-8-9-22(19-24)20-35(25-15-16-25)31(36)29-26-13-4-5-14-28(26)33-30(23-10-2-1-3-11-23)27(29)21-34-17-6-7-18-34/h1-5,8-14,19,25H,6-7,15-18,20-21H2. The molecule has 36 heavy (non-hydrogen) atoms. The van der Waals surface area contributed by atoms with E-state index in [0.29, 0.717) is 13.1 Å². The number of nitrogens with zero attached hydrogens (tertiary/aromatic N) is 3. The molecule has 5 heteroatoms. The lowest BCUT2D eigenvalue weighted by Gasteiger charge is -2.27. The number of fused-ring (bicyclic) bond motifs is 1. The van der Waals surface area contributed by atoms with Gasteiger partial charge in [-0.15, -0.1) is 0 Å². The third kappa shape index (κ3) is 4.63. The summed E-state index contributed by atoms with van der Waals surface area (Å²) in [6.07, 6.45) is 4.33. The number of halogens is 1. The molecule has 3 aromatic carbocycles. The summed E-state index contributed by atoms with van der Waals surface area (Å²) in [5.74, 6) is -0.252. The molecule has 0 radical (unpaired) electrons. The fourth-order valence-electron chi connectivity index (χ4n) is 5.38. The van der Waals surface area contributed by atoms with E-state index in [4.69, 9.17) is 4.98 Å². The predicted molar refractivity (Wildman–Crippen MR) is 141 cm³/mol. The van der Waals surface area contributed by atoms with E-state index in [1.165, 1.54) is 25.0 Å². The van der Waals surface area contributed by atoms with Gasteiger partial charge < -0.3 is 4.90 Å². The van der Waals surface area contributed by atoms with Crippen molar-refractivity contribution in [3.8, 4) is 11.3 Å². The number of rotatable bonds is 7. The zero-order chi connectivity index (χ0) is 24.5. The third-order valence-electron chi connectivity index (χ3n) is 7.33. The van der Waals surface area contributed by atoms with Crippen LogP contribution in [0.4, 0.5) is 4.39 Å². The molecule has 6 rings (SSSR count). The molecule has 2 aliphatic rings. The summed E-state index contributed by atoms with van der Waals surface area (Å²) in [6.45, 7) is 3.16. The second kappa shape index (κ2) is 9.82. The van der Waals surface area contributed by atoms with Crippen molar-refractivity contribution in [3.63, 3.8) is 0 Å². The number of carbonyl (C=O) groups excluding carboxylic acids is 1. The molecule has 1 amide bonds. The molecule has 1 aliphatic heterocycles. The van der Waals surface area contributed by atoms with Crippen molar-refractivity contribution in [1.29, 1.82) is 0 Å².